The Labute approximate surface area is 90.9 Å². The van der Waals surface area contributed by atoms with Crippen LogP contribution in [0, 0.1) is 0 Å². The fourth-order valence-electron chi connectivity index (χ4n) is 1.23. The van der Waals surface area contributed by atoms with E-state index in [2.05, 4.69) is 12.4 Å². The van der Waals surface area contributed by atoms with E-state index in [0.29, 0.717) is 6.42 Å². The molecule has 0 spiro atoms. The standard InChI is InChI=1S/C11H15NO2S/c1-3-11-5-8-12(9-6-11)7-4-10-15(2,13)14/h3,5-6,8-9H,1-2,4,7,10H2/p+1. The quantitative estimate of drug-likeness (QED) is 0.605. The summed E-state index contributed by atoms with van der Waals surface area (Å²) in [6, 6.07) is 3.90. The molecule has 1 aromatic heterocycles. The van der Waals surface area contributed by atoms with E-state index < -0.39 is 9.80 Å². The number of rotatable bonds is 5. The second-order valence-corrected chi connectivity index (χ2v) is 5.36. The van der Waals surface area contributed by atoms with Gasteiger partial charge in [0.1, 0.15) is 6.54 Å². The van der Waals surface area contributed by atoms with Gasteiger partial charge in [0, 0.05) is 24.3 Å². The van der Waals surface area contributed by atoms with Crippen LogP contribution in [0.1, 0.15) is 12.0 Å². The summed E-state index contributed by atoms with van der Waals surface area (Å²) in [5.74, 6) is 3.43. The maximum atomic E-state index is 10.9. The van der Waals surface area contributed by atoms with Crippen molar-refractivity contribution in [3.63, 3.8) is 0 Å². The Hall–Kier alpha value is -1.13. The molecule has 1 atom stereocenters. The Morgan fingerprint density at radius 3 is 2.53 bits per heavy atom. The Balaban J connectivity index is 2.48. The zero-order valence-corrected chi connectivity index (χ0v) is 9.45. The minimum absolute atomic E-state index is 0.239. The molecule has 4 heteroatoms. The van der Waals surface area contributed by atoms with Crippen molar-refractivity contribution in [2.75, 3.05) is 5.75 Å². The molecule has 0 bridgehead atoms. The van der Waals surface area contributed by atoms with E-state index in [1.54, 1.807) is 6.08 Å². The third-order valence-corrected chi connectivity index (χ3v) is 2.96. The Morgan fingerprint density at radius 1 is 1.47 bits per heavy atom. The molecule has 1 N–H and O–H groups in total. The van der Waals surface area contributed by atoms with Crippen LogP contribution in [-0.2, 0) is 16.3 Å². The lowest BCUT2D eigenvalue weighted by Gasteiger charge is -1.99. The molecule has 0 radical (unpaired) electrons. The summed E-state index contributed by atoms with van der Waals surface area (Å²) < 4.78 is 21.8. The molecule has 1 heterocycles. The number of aromatic nitrogens is 1. The molecule has 3 nitrogen and oxygen atoms in total. The zero-order chi connectivity index (χ0) is 11.3. The van der Waals surface area contributed by atoms with E-state index in [4.69, 9.17) is 4.55 Å². The van der Waals surface area contributed by atoms with Gasteiger partial charge in [0.25, 0.3) is 0 Å². The lowest BCUT2D eigenvalue weighted by molar-refractivity contribution is -0.696. The minimum Gasteiger partial charge on any atom is -0.314 e. The largest absolute Gasteiger partial charge is 0.314 e. The summed E-state index contributed by atoms with van der Waals surface area (Å²) in [7, 11) is -2.84. The SMILES string of the molecule is C=Cc1cc[n+](CCCS(=C)(=O)O)cc1. The molecule has 1 aromatic rings. The monoisotopic (exact) mass is 226 g/mol. The molecule has 0 aliphatic heterocycles. The maximum absolute atomic E-state index is 10.9. The van der Waals surface area contributed by atoms with Crippen molar-refractivity contribution in [1.82, 2.24) is 0 Å². The zero-order valence-electron chi connectivity index (χ0n) is 8.63. The first-order valence-corrected chi connectivity index (χ1v) is 6.55. The van der Waals surface area contributed by atoms with Gasteiger partial charge in [-0.25, -0.2) is 8.78 Å². The van der Waals surface area contributed by atoms with Crippen molar-refractivity contribution in [2.45, 2.75) is 13.0 Å². The summed E-state index contributed by atoms with van der Waals surface area (Å²) in [4.78, 5) is 0. The summed E-state index contributed by atoms with van der Waals surface area (Å²) in [6.07, 6.45) is 6.29. The molecule has 0 saturated heterocycles. The van der Waals surface area contributed by atoms with Crippen LogP contribution >= 0.6 is 0 Å². The van der Waals surface area contributed by atoms with E-state index in [0.717, 1.165) is 12.1 Å². The highest BCUT2D eigenvalue weighted by molar-refractivity contribution is 7.95. The van der Waals surface area contributed by atoms with E-state index >= 15 is 0 Å². The van der Waals surface area contributed by atoms with Gasteiger partial charge in [-0.15, -0.1) is 0 Å². The summed E-state index contributed by atoms with van der Waals surface area (Å²) >= 11 is 0. The fourth-order valence-corrected chi connectivity index (χ4v) is 1.81. The molecule has 15 heavy (non-hydrogen) atoms. The minimum atomic E-state index is -2.84. The number of aryl methyl sites for hydroxylation is 1. The molecule has 0 aliphatic rings. The number of nitrogens with zero attached hydrogens (tertiary/aromatic N) is 1. The van der Waals surface area contributed by atoms with Crippen molar-refractivity contribution in [1.29, 1.82) is 0 Å². The van der Waals surface area contributed by atoms with Crippen LogP contribution < -0.4 is 4.57 Å². The third-order valence-electron chi connectivity index (χ3n) is 2.03. The number of hydrogen-bond donors (Lipinski definition) is 1. The predicted molar refractivity (Wildman–Crippen MR) is 64.1 cm³/mol. The normalized spacial score (nSPS) is 14.5. The van der Waals surface area contributed by atoms with Gasteiger partial charge in [-0.3, -0.25) is 0 Å². The highest BCUT2D eigenvalue weighted by Crippen LogP contribution is 1.96. The second kappa shape index (κ2) is 5.09. The van der Waals surface area contributed by atoms with E-state index in [9.17, 15) is 4.21 Å². The van der Waals surface area contributed by atoms with E-state index in [1.807, 2.05) is 29.1 Å². The molecule has 0 amide bonds. The van der Waals surface area contributed by atoms with Crippen LogP contribution in [0.25, 0.3) is 6.08 Å². The van der Waals surface area contributed by atoms with Crippen molar-refractivity contribution in [2.24, 2.45) is 0 Å². The summed E-state index contributed by atoms with van der Waals surface area (Å²) in [5.41, 5.74) is 1.06. The first kappa shape index (κ1) is 11.9. The molecule has 0 aromatic carbocycles. The fraction of sp³-hybridized carbons (Fsp3) is 0.273. The first-order valence-electron chi connectivity index (χ1n) is 4.70. The maximum Gasteiger partial charge on any atom is 0.169 e. The summed E-state index contributed by atoms with van der Waals surface area (Å²) in [6.45, 7) is 4.39. The molecular formula is C11H16NO2S+. The molecule has 0 aliphatic carbocycles. The van der Waals surface area contributed by atoms with Crippen molar-refractivity contribution < 1.29 is 13.3 Å². The Bertz CT molecular complexity index is 420. The smallest absolute Gasteiger partial charge is 0.169 e. The summed E-state index contributed by atoms with van der Waals surface area (Å²) in [5, 5.41) is 0. The average molecular weight is 226 g/mol. The van der Waals surface area contributed by atoms with Crippen molar-refractivity contribution in [3.8, 4) is 0 Å². The van der Waals surface area contributed by atoms with Gasteiger partial charge < -0.3 is 4.55 Å². The van der Waals surface area contributed by atoms with Crippen LogP contribution in [-0.4, -0.2) is 20.4 Å². The highest BCUT2D eigenvalue weighted by atomic mass is 32.2. The van der Waals surface area contributed by atoms with Gasteiger partial charge in [-0.2, -0.15) is 0 Å². The molecule has 1 unspecified atom stereocenters. The third kappa shape index (κ3) is 4.76. The van der Waals surface area contributed by atoms with Crippen LogP contribution in [0.15, 0.2) is 31.1 Å². The van der Waals surface area contributed by atoms with E-state index in [1.165, 1.54) is 0 Å². The Kier molecular flexibility index (Phi) is 4.05. The van der Waals surface area contributed by atoms with Crippen LogP contribution in [0.3, 0.4) is 0 Å². The second-order valence-electron chi connectivity index (χ2n) is 3.40. The van der Waals surface area contributed by atoms with Gasteiger partial charge in [0.05, 0.1) is 9.80 Å². The molecule has 82 valence electrons. The first-order chi connectivity index (χ1) is 7.01. The van der Waals surface area contributed by atoms with Gasteiger partial charge in [0.2, 0.25) is 0 Å². The highest BCUT2D eigenvalue weighted by Gasteiger charge is 2.02. The average Bonchev–Trinajstić information content (AvgIpc) is 2.17. The number of hydrogen-bond acceptors (Lipinski definition) is 1. The van der Waals surface area contributed by atoms with Gasteiger partial charge in [-0.05, 0) is 11.4 Å². The lowest BCUT2D eigenvalue weighted by Crippen LogP contribution is -2.33. The topological polar surface area (TPSA) is 41.2 Å². The molecule has 0 saturated carbocycles. The predicted octanol–water partition coefficient (Wildman–Crippen LogP) is 1.20. The van der Waals surface area contributed by atoms with Gasteiger partial charge >= 0.3 is 0 Å². The van der Waals surface area contributed by atoms with Crippen molar-refractivity contribution in [3.05, 3.63) is 36.7 Å². The molecule has 1 rings (SSSR count). The van der Waals surface area contributed by atoms with Crippen LogP contribution in [0.4, 0.5) is 0 Å². The molecular weight excluding hydrogens is 210 g/mol. The number of pyridine rings is 1. The molecule has 0 fully saturated rings. The van der Waals surface area contributed by atoms with Crippen LogP contribution in [0.5, 0.6) is 0 Å². The van der Waals surface area contributed by atoms with Gasteiger partial charge in [0.15, 0.2) is 12.4 Å². The van der Waals surface area contributed by atoms with E-state index in [-0.39, 0.29) is 5.75 Å². The lowest BCUT2D eigenvalue weighted by atomic mass is 10.3. The Morgan fingerprint density at radius 2 is 2.07 bits per heavy atom. The van der Waals surface area contributed by atoms with Gasteiger partial charge in [-0.1, -0.05) is 12.7 Å². The van der Waals surface area contributed by atoms with Crippen LogP contribution in [0.2, 0.25) is 0 Å². The van der Waals surface area contributed by atoms with Crippen molar-refractivity contribution >= 4 is 21.7 Å².